The predicted molar refractivity (Wildman–Crippen MR) is 89.2 cm³/mol. The summed E-state index contributed by atoms with van der Waals surface area (Å²) >= 11 is 0. The fourth-order valence-electron chi connectivity index (χ4n) is 2.05. The average molecular weight is 348 g/mol. The second kappa shape index (κ2) is 7.00. The van der Waals surface area contributed by atoms with E-state index in [1.807, 2.05) is 13.8 Å². The number of carbonyl (C=O) groups excluding carboxylic acids is 1. The van der Waals surface area contributed by atoms with Gasteiger partial charge in [-0.2, -0.15) is 0 Å². The molecule has 25 heavy (non-hydrogen) atoms. The van der Waals surface area contributed by atoms with Crippen LogP contribution < -0.4 is 5.32 Å². The Morgan fingerprint density at radius 2 is 2.04 bits per heavy atom. The van der Waals surface area contributed by atoms with Crippen molar-refractivity contribution in [2.45, 2.75) is 33.6 Å². The SMILES string of the molecule is CC(C)c1nc(C(=O)NCC(C)(C)C(=O)O)nn1-c1cccc(F)c1. The van der Waals surface area contributed by atoms with E-state index in [2.05, 4.69) is 15.4 Å². The molecule has 0 unspecified atom stereocenters. The highest BCUT2D eigenvalue weighted by Crippen LogP contribution is 2.18. The molecule has 2 N–H and O–H groups in total. The zero-order chi connectivity index (χ0) is 18.8. The van der Waals surface area contributed by atoms with Crippen molar-refractivity contribution in [3.8, 4) is 5.69 Å². The van der Waals surface area contributed by atoms with Crippen molar-refractivity contribution in [3.05, 3.63) is 41.7 Å². The lowest BCUT2D eigenvalue weighted by molar-refractivity contribution is -0.146. The number of hydrogen-bond acceptors (Lipinski definition) is 4. The minimum absolute atomic E-state index is 0.0484. The van der Waals surface area contributed by atoms with E-state index in [0.29, 0.717) is 11.5 Å². The zero-order valence-electron chi connectivity index (χ0n) is 14.6. The van der Waals surface area contributed by atoms with E-state index in [1.165, 1.54) is 30.7 Å². The number of aliphatic carboxylic acids is 1. The molecule has 0 aliphatic rings. The molecule has 0 aliphatic carbocycles. The molecule has 2 rings (SSSR count). The summed E-state index contributed by atoms with van der Waals surface area (Å²) in [4.78, 5) is 27.6. The van der Waals surface area contributed by atoms with Crippen LogP contribution in [0, 0.1) is 11.2 Å². The van der Waals surface area contributed by atoms with Crippen LogP contribution in [0.2, 0.25) is 0 Å². The molecule has 0 radical (unpaired) electrons. The quantitative estimate of drug-likeness (QED) is 0.835. The number of amides is 1. The van der Waals surface area contributed by atoms with Gasteiger partial charge in [0.1, 0.15) is 11.6 Å². The maximum absolute atomic E-state index is 13.5. The van der Waals surface area contributed by atoms with Gasteiger partial charge in [-0.25, -0.2) is 14.1 Å². The average Bonchev–Trinajstić information content (AvgIpc) is 2.98. The van der Waals surface area contributed by atoms with Crippen LogP contribution in [0.5, 0.6) is 0 Å². The molecule has 0 aliphatic heterocycles. The maximum Gasteiger partial charge on any atom is 0.310 e. The number of carboxylic acid groups (broad SMARTS) is 1. The molecule has 1 aromatic heterocycles. The van der Waals surface area contributed by atoms with Gasteiger partial charge in [-0.05, 0) is 32.0 Å². The molecule has 7 nitrogen and oxygen atoms in total. The summed E-state index contributed by atoms with van der Waals surface area (Å²) in [6.07, 6.45) is 0. The lowest BCUT2D eigenvalue weighted by atomic mass is 9.94. The number of benzene rings is 1. The van der Waals surface area contributed by atoms with E-state index in [-0.39, 0.29) is 18.3 Å². The van der Waals surface area contributed by atoms with Gasteiger partial charge in [0, 0.05) is 12.5 Å². The molecule has 1 aromatic carbocycles. The molecular weight excluding hydrogens is 327 g/mol. The topological polar surface area (TPSA) is 97.1 Å². The fourth-order valence-corrected chi connectivity index (χ4v) is 2.05. The van der Waals surface area contributed by atoms with Crippen LogP contribution >= 0.6 is 0 Å². The third-order valence-corrected chi connectivity index (χ3v) is 3.67. The summed E-state index contributed by atoms with van der Waals surface area (Å²) in [5.41, 5.74) is -0.650. The Morgan fingerprint density at radius 1 is 1.36 bits per heavy atom. The Morgan fingerprint density at radius 3 is 2.60 bits per heavy atom. The van der Waals surface area contributed by atoms with E-state index >= 15 is 0 Å². The standard InChI is InChI=1S/C17H21FN4O3/c1-10(2)14-20-13(15(23)19-9-17(3,4)16(24)25)21-22(14)12-7-5-6-11(18)8-12/h5-8,10H,9H2,1-4H3,(H,19,23)(H,24,25). The van der Waals surface area contributed by atoms with E-state index in [1.54, 1.807) is 12.1 Å². The van der Waals surface area contributed by atoms with E-state index in [0.717, 1.165) is 0 Å². The van der Waals surface area contributed by atoms with E-state index < -0.39 is 23.1 Å². The van der Waals surface area contributed by atoms with Gasteiger partial charge in [-0.1, -0.05) is 19.9 Å². The van der Waals surface area contributed by atoms with Crippen LogP contribution in [0.4, 0.5) is 4.39 Å². The second-order valence-corrected chi connectivity index (χ2v) is 6.71. The van der Waals surface area contributed by atoms with Crippen molar-refractivity contribution in [2.75, 3.05) is 6.54 Å². The highest BCUT2D eigenvalue weighted by atomic mass is 19.1. The van der Waals surface area contributed by atoms with Gasteiger partial charge in [0.05, 0.1) is 11.1 Å². The first-order valence-corrected chi connectivity index (χ1v) is 7.86. The summed E-state index contributed by atoms with van der Waals surface area (Å²) in [6, 6.07) is 5.83. The summed E-state index contributed by atoms with van der Waals surface area (Å²) < 4.78 is 14.9. The van der Waals surface area contributed by atoms with Crippen LogP contribution in [0.3, 0.4) is 0 Å². The number of nitrogens with one attached hydrogen (secondary N) is 1. The van der Waals surface area contributed by atoms with Gasteiger partial charge in [0.2, 0.25) is 5.82 Å². The molecule has 0 bridgehead atoms. The van der Waals surface area contributed by atoms with Crippen molar-refractivity contribution >= 4 is 11.9 Å². The molecule has 134 valence electrons. The molecule has 0 saturated carbocycles. The Hall–Kier alpha value is -2.77. The lowest BCUT2D eigenvalue weighted by Gasteiger charge is -2.18. The van der Waals surface area contributed by atoms with Gasteiger partial charge in [0.25, 0.3) is 5.91 Å². The number of aromatic nitrogens is 3. The minimum Gasteiger partial charge on any atom is -0.481 e. The molecule has 8 heteroatoms. The summed E-state index contributed by atoms with van der Waals surface area (Å²) in [7, 11) is 0. The first-order chi connectivity index (χ1) is 11.6. The van der Waals surface area contributed by atoms with Gasteiger partial charge < -0.3 is 10.4 Å². The summed E-state index contributed by atoms with van der Waals surface area (Å²) in [5, 5.41) is 15.8. The first kappa shape index (κ1) is 18.6. The maximum atomic E-state index is 13.5. The second-order valence-electron chi connectivity index (χ2n) is 6.71. The number of rotatable bonds is 6. The summed E-state index contributed by atoms with van der Waals surface area (Å²) in [5.74, 6) is -1.65. The largest absolute Gasteiger partial charge is 0.481 e. The Balaban J connectivity index is 2.29. The molecule has 0 saturated heterocycles. The van der Waals surface area contributed by atoms with Crippen molar-refractivity contribution in [2.24, 2.45) is 5.41 Å². The number of carboxylic acids is 1. The molecule has 2 aromatic rings. The molecule has 0 spiro atoms. The number of halogens is 1. The van der Waals surface area contributed by atoms with Crippen molar-refractivity contribution in [3.63, 3.8) is 0 Å². The Bertz CT molecular complexity index is 799. The normalized spacial score (nSPS) is 11.6. The first-order valence-electron chi connectivity index (χ1n) is 7.86. The van der Waals surface area contributed by atoms with Crippen LogP contribution in [-0.4, -0.2) is 38.3 Å². The van der Waals surface area contributed by atoms with Crippen molar-refractivity contribution in [1.82, 2.24) is 20.1 Å². The minimum atomic E-state index is -1.11. The number of carbonyl (C=O) groups is 2. The van der Waals surface area contributed by atoms with Gasteiger partial charge in [0.15, 0.2) is 0 Å². The smallest absolute Gasteiger partial charge is 0.310 e. The molecular formula is C17H21FN4O3. The van der Waals surface area contributed by atoms with Crippen molar-refractivity contribution < 1.29 is 19.1 Å². The van der Waals surface area contributed by atoms with Crippen LogP contribution in [-0.2, 0) is 4.79 Å². The third-order valence-electron chi connectivity index (χ3n) is 3.67. The predicted octanol–water partition coefficient (Wildman–Crippen LogP) is 2.37. The lowest BCUT2D eigenvalue weighted by Crippen LogP contribution is -2.39. The molecule has 1 heterocycles. The zero-order valence-corrected chi connectivity index (χ0v) is 14.6. The van der Waals surface area contributed by atoms with Crippen LogP contribution in [0.25, 0.3) is 5.69 Å². The van der Waals surface area contributed by atoms with Gasteiger partial charge in [-0.3, -0.25) is 9.59 Å². The monoisotopic (exact) mass is 348 g/mol. The van der Waals surface area contributed by atoms with E-state index in [4.69, 9.17) is 5.11 Å². The van der Waals surface area contributed by atoms with Crippen molar-refractivity contribution in [1.29, 1.82) is 0 Å². The number of hydrogen-bond donors (Lipinski definition) is 2. The molecule has 1 amide bonds. The molecule has 0 fully saturated rings. The number of nitrogens with zero attached hydrogens (tertiary/aromatic N) is 3. The Labute approximate surface area is 144 Å². The summed E-state index contributed by atoms with van der Waals surface area (Å²) in [6.45, 7) is 6.72. The van der Waals surface area contributed by atoms with Gasteiger partial charge in [-0.15, -0.1) is 5.10 Å². The third kappa shape index (κ3) is 4.20. The van der Waals surface area contributed by atoms with Gasteiger partial charge >= 0.3 is 5.97 Å². The van der Waals surface area contributed by atoms with E-state index in [9.17, 15) is 14.0 Å². The fraction of sp³-hybridized carbons (Fsp3) is 0.412. The molecule has 0 atom stereocenters. The van der Waals surface area contributed by atoms with Crippen LogP contribution in [0.15, 0.2) is 24.3 Å². The Kier molecular flexibility index (Phi) is 5.20. The van der Waals surface area contributed by atoms with Crippen LogP contribution in [0.1, 0.15) is 50.1 Å². The highest BCUT2D eigenvalue weighted by Gasteiger charge is 2.29. The highest BCUT2D eigenvalue weighted by molar-refractivity contribution is 5.90.